The van der Waals surface area contributed by atoms with Crippen molar-refractivity contribution in [1.29, 1.82) is 0 Å². The fraction of sp³-hybridized carbons (Fsp3) is 0.579. The van der Waals surface area contributed by atoms with Gasteiger partial charge in [-0.3, -0.25) is 9.79 Å². The zero-order valence-corrected chi connectivity index (χ0v) is 17.6. The van der Waals surface area contributed by atoms with Gasteiger partial charge in [0.1, 0.15) is 0 Å². The van der Waals surface area contributed by atoms with Crippen molar-refractivity contribution < 1.29 is 9.53 Å². The third kappa shape index (κ3) is 9.20. The number of hydrogen-bond acceptors (Lipinski definition) is 3. The van der Waals surface area contributed by atoms with E-state index >= 15 is 0 Å². The number of guanidine groups is 1. The van der Waals surface area contributed by atoms with Crippen molar-refractivity contribution >= 4 is 27.8 Å². The van der Waals surface area contributed by atoms with Crippen LogP contribution in [-0.2, 0) is 16.1 Å². The molecule has 0 aromatic heterocycles. The summed E-state index contributed by atoms with van der Waals surface area (Å²) in [5.41, 5.74) is 1.10. The number of carbonyl (C=O) groups excluding carboxylic acids is 1. The molecule has 0 saturated carbocycles. The number of nitrogens with zero attached hydrogens (tertiary/aromatic N) is 2. The van der Waals surface area contributed by atoms with Gasteiger partial charge < -0.3 is 20.3 Å². The summed E-state index contributed by atoms with van der Waals surface area (Å²) in [6, 6.07) is 7.95. The molecule has 0 radical (unpaired) electrons. The van der Waals surface area contributed by atoms with Crippen LogP contribution in [0, 0.1) is 0 Å². The average molecular weight is 427 g/mol. The van der Waals surface area contributed by atoms with E-state index in [1.165, 1.54) is 0 Å². The summed E-state index contributed by atoms with van der Waals surface area (Å²) in [5, 5.41) is 6.40. The van der Waals surface area contributed by atoms with E-state index in [1.54, 1.807) is 4.90 Å². The summed E-state index contributed by atoms with van der Waals surface area (Å²) in [4.78, 5) is 18.6. The summed E-state index contributed by atoms with van der Waals surface area (Å²) < 4.78 is 6.33. The molecule has 0 heterocycles. The van der Waals surface area contributed by atoms with Crippen LogP contribution < -0.4 is 10.6 Å². The second-order valence-corrected chi connectivity index (χ2v) is 6.68. The van der Waals surface area contributed by atoms with Crippen LogP contribution in [0.25, 0.3) is 0 Å². The van der Waals surface area contributed by atoms with Crippen LogP contribution in [0.3, 0.4) is 0 Å². The number of aliphatic imine (C=N–C) groups is 1. The fourth-order valence-corrected chi connectivity index (χ4v) is 2.70. The predicted octanol–water partition coefficient (Wildman–Crippen LogP) is 2.78. The van der Waals surface area contributed by atoms with Crippen molar-refractivity contribution in [2.24, 2.45) is 4.99 Å². The van der Waals surface area contributed by atoms with Crippen LogP contribution in [0.4, 0.5) is 0 Å². The molecule has 0 fully saturated rings. The van der Waals surface area contributed by atoms with Crippen molar-refractivity contribution in [3.05, 3.63) is 34.3 Å². The van der Waals surface area contributed by atoms with Gasteiger partial charge in [-0.1, -0.05) is 34.1 Å². The molecule has 0 spiro atoms. The van der Waals surface area contributed by atoms with Gasteiger partial charge in [0.25, 0.3) is 0 Å². The first kappa shape index (κ1) is 22.4. The van der Waals surface area contributed by atoms with Crippen LogP contribution >= 0.6 is 15.9 Å². The first-order valence-electron chi connectivity index (χ1n) is 9.15. The summed E-state index contributed by atoms with van der Waals surface area (Å²) in [5.74, 6) is 0.839. The number of halogens is 1. The highest BCUT2D eigenvalue weighted by molar-refractivity contribution is 9.10. The van der Waals surface area contributed by atoms with Crippen molar-refractivity contribution in [3.8, 4) is 0 Å². The van der Waals surface area contributed by atoms with E-state index in [2.05, 4.69) is 31.6 Å². The Morgan fingerprint density at radius 3 is 2.73 bits per heavy atom. The Hall–Kier alpha value is -1.60. The molecule has 146 valence electrons. The number of hydrogen-bond donors (Lipinski definition) is 2. The largest absolute Gasteiger partial charge is 0.382 e. The lowest BCUT2D eigenvalue weighted by Crippen LogP contribution is -2.39. The standard InChI is InChI=1S/C19H31BrN4O2/c1-4-21-19(22-12-8-14-26-5-2)23-13-11-18(25)24(3)15-16-9-6-7-10-17(16)20/h6-7,9-10H,4-5,8,11-15H2,1-3H3,(H2,21,22,23). The fourth-order valence-electron chi connectivity index (χ4n) is 2.29. The maximum Gasteiger partial charge on any atom is 0.224 e. The normalized spacial score (nSPS) is 11.3. The Labute approximate surface area is 165 Å². The molecule has 0 saturated heterocycles. The topological polar surface area (TPSA) is 66.0 Å². The number of nitrogens with one attached hydrogen (secondary N) is 2. The molecule has 0 unspecified atom stereocenters. The van der Waals surface area contributed by atoms with E-state index in [-0.39, 0.29) is 5.91 Å². The van der Waals surface area contributed by atoms with Gasteiger partial charge in [0.15, 0.2) is 5.96 Å². The minimum atomic E-state index is 0.0976. The molecule has 1 aromatic carbocycles. The summed E-state index contributed by atoms with van der Waals surface area (Å²) in [6.45, 7) is 8.09. The highest BCUT2D eigenvalue weighted by atomic mass is 79.9. The Morgan fingerprint density at radius 1 is 1.27 bits per heavy atom. The van der Waals surface area contributed by atoms with E-state index in [4.69, 9.17) is 4.74 Å². The van der Waals surface area contributed by atoms with Crippen LogP contribution in [0.5, 0.6) is 0 Å². The third-order valence-corrected chi connectivity index (χ3v) is 4.46. The zero-order valence-electron chi connectivity index (χ0n) is 16.1. The second kappa shape index (κ2) is 13.6. The molecule has 0 atom stereocenters. The molecule has 1 rings (SSSR count). The molecule has 0 bridgehead atoms. The zero-order chi connectivity index (χ0) is 19.2. The van der Waals surface area contributed by atoms with Crippen molar-refractivity contribution in [2.45, 2.75) is 33.2 Å². The number of carbonyl (C=O) groups is 1. The van der Waals surface area contributed by atoms with E-state index in [9.17, 15) is 4.79 Å². The van der Waals surface area contributed by atoms with E-state index in [1.807, 2.05) is 45.2 Å². The van der Waals surface area contributed by atoms with Crippen molar-refractivity contribution in [2.75, 3.05) is 39.9 Å². The van der Waals surface area contributed by atoms with Crippen LogP contribution in [0.1, 0.15) is 32.3 Å². The van der Waals surface area contributed by atoms with Crippen LogP contribution in [0.2, 0.25) is 0 Å². The molecule has 0 aliphatic rings. The van der Waals surface area contributed by atoms with Gasteiger partial charge in [0.2, 0.25) is 5.91 Å². The van der Waals surface area contributed by atoms with E-state index in [0.29, 0.717) is 26.1 Å². The van der Waals surface area contributed by atoms with Gasteiger partial charge in [-0.15, -0.1) is 0 Å². The van der Waals surface area contributed by atoms with Gasteiger partial charge >= 0.3 is 0 Å². The average Bonchev–Trinajstić information content (AvgIpc) is 2.63. The molecule has 26 heavy (non-hydrogen) atoms. The molecule has 1 aromatic rings. The lowest BCUT2D eigenvalue weighted by molar-refractivity contribution is -0.130. The SMILES string of the molecule is CCNC(=NCCCOCC)NCCC(=O)N(C)Cc1ccccc1Br. The molecule has 0 aliphatic heterocycles. The van der Waals surface area contributed by atoms with Crippen LogP contribution in [-0.4, -0.2) is 56.7 Å². The van der Waals surface area contributed by atoms with Gasteiger partial charge in [-0.05, 0) is 31.9 Å². The number of amides is 1. The molecule has 2 N–H and O–H groups in total. The van der Waals surface area contributed by atoms with Gasteiger partial charge in [-0.2, -0.15) is 0 Å². The van der Waals surface area contributed by atoms with Gasteiger partial charge in [0, 0.05) is 57.3 Å². The minimum absolute atomic E-state index is 0.0976. The Balaban J connectivity index is 2.36. The number of rotatable bonds is 11. The molecular formula is C19H31BrN4O2. The quantitative estimate of drug-likeness (QED) is 0.324. The molecule has 7 heteroatoms. The van der Waals surface area contributed by atoms with E-state index < -0.39 is 0 Å². The van der Waals surface area contributed by atoms with Crippen molar-refractivity contribution in [3.63, 3.8) is 0 Å². The highest BCUT2D eigenvalue weighted by Gasteiger charge is 2.10. The summed E-state index contributed by atoms with van der Waals surface area (Å²) >= 11 is 3.52. The molecule has 6 nitrogen and oxygen atoms in total. The lowest BCUT2D eigenvalue weighted by atomic mass is 10.2. The van der Waals surface area contributed by atoms with Gasteiger partial charge in [0.05, 0.1) is 0 Å². The Bertz CT molecular complexity index is 566. The summed E-state index contributed by atoms with van der Waals surface area (Å²) in [6.07, 6.45) is 1.31. The Kier molecular flexibility index (Phi) is 11.7. The first-order valence-corrected chi connectivity index (χ1v) is 9.95. The lowest BCUT2D eigenvalue weighted by Gasteiger charge is -2.19. The maximum atomic E-state index is 12.3. The molecular weight excluding hydrogens is 396 g/mol. The predicted molar refractivity (Wildman–Crippen MR) is 110 cm³/mol. The number of benzene rings is 1. The Morgan fingerprint density at radius 2 is 2.04 bits per heavy atom. The molecule has 0 aliphatic carbocycles. The second-order valence-electron chi connectivity index (χ2n) is 5.83. The smallest absolute Gasteiger partial charge is 0.224 e. The highest BCUT2D eigenvalue weighted by Crippen LogP contribution is 2.17. The maximum absolute atomic E-state index is 12.3. The molecule has 1 amide bonds. The van der Waals surface area contributed by atoms with Crippen LogP contribution in [0.15, 0.2) is 33.7 Å². The third-order valence-electron chi connectivity index (χ3n) is 3.69. The number of ether oxygens (including phenoxy) is 1. The van der Waals surface area contributed by atoms with Crippen molar-refractivity contribution in [1.82, 2.24) is 15.5 Å². The first-order chi connectivity index (χ1) is 12.6. The van der Waals surface area contributed by atoms with E-state index in [0.717, 1.165) is 42.2 Å². The summed E-state index contributed by atoms with van der Waals surface area (Å²) in [7, 11) is 1.83. The van der Waals surface area contributed by atoms with Gasteiger partial charge in [-0.25, -0.2) is 0 Å². The minimum Gasteiger partial charge on any atom is -0.382 e. The monoisotopic (exact) mass is 426 g/mol.